The van der Waals surface area contributed by atoms with E-state index in [-0.39, 0.29) is 17.6 Å². The highest BCUT2D eigenvalue weighted by atomic mass is 16.5. The van der Waals surface area contributed by atoms with Gasteiger partial charge in [0.05, 0.1) is 12.2 Å². The Morgan fingerprint density at radius 3 is 2.92 bits per heavy atom. The maximum atomic E-state index is 12.4. The molecule has 0 unspecified atom stereocenters. The Labute approximate surface area is 140 Å². The fraction of sp³-hybridized carbons (Fsp3) is 0.333. The summed E-state index contributed by atoms with van der Waals surface area (Å²) in [6.45, 7) is 1.55. The van der Waals surface area contributed by atoms with E-state index in [2.05, 4.69) is 21.4 Å². The summed E-state index contributed by atoms with van der Waals surface area (Å²) >= 11 is 0. The molecule has 0 spiro atoms. The minimum Gasteiger partial charge on any atom is -0.448 e. The monoisotopic (exact) mass is 325 g/mol. The van der Waals surface area contributed by atoms with Crippen molar-refractivity contribution in [2.45, 2.75) is 38.3 Å². The van der Waals surface area contributed by atoms with Gasteiger partial charge in [0, 0.05) is 12.4 Å². The highest BCUT2D eigenvalue weighted by Crippen LogP contribution is 2.29. The molecule has 6 heteroatoms. The van der Waals surface area contributed by atoms with Crippen LogP contribution in [0.3, 0.4) is 0 Å². The maximum absolute atomic E-state index is 12.4. The molecule has 0 saturated heterocycles. The number of carbonyl (C=O) groups excluding carboxylic acids is 2. The third kappa shape index (κ3) is 3.59. The number of hydrogen-bond donors (Lipinski definition) is 1. The molecule has 3 rings (SSSR count). The van der Waals surface area contributed by atoms with Crippen molar-refractivity contribution in [3.05, 3.63) is 59.7 Å². The van der Waals surface area contributed by atoms with E-state index in [1.165, 1.54) is 24.2 Å². The van der Waals surface area contributed by atoms with E-state index >= 15 is 0 Å². The average Bonchev–Trinajstić information content (AvgIpc) is 2.62. The van der Waals surface area contributed by atoms with Crippen molar-refractivity contribution in [3.63, 3.8) is 0 Å². The number of fused-ring (bicyclic) bond motifs is 1. The average molecular weight is 325 g/mol. The van der Waals surface area contributed by atoms with Gasteiger partial charge in [0.1, 0.15) is 0 Å². The van der Waals surface area contributed by atoms with Gasteiger partial charge in [-0.25, -0.2) is 9.78 Å². The summed E-state index contributed by atoms with van der Waals surface area (Å²) in [4.78, 5) is 32.0. The van der Waals surface area contributed by atoms with Crippen molar-refractivity contribution in [1.29, 1.82) is 0 Å². The van der Waals surface area contributed by atoms with Gasteiger partial charge in [-0.15, -0.1) is 0 Å². The molecule has 1 aliphatic carbocycles. The molecule has 124 valence electrons. The third-order valence-corrected chi connectivity index (χ3v) is 4.11. The smallest absolute Gasteiger partial charge is 0.359 e. The molecular formula is C18H19N3O3. The van der Waals surface area contributed by atoms with E-state index in [4.69, 9.17) is 4.74 Å². The summed E-state index contributed by atoms with van der Waals surface area (Å²) in [6.07, 6.45) is 6.22. The van der Waals surface area contributed by atoms with Crippen LogP contribution >= 0.6 is 0 Å². The van der Waals surface area contributed by atoms with E-state index in [9.17, 15) is 9.59 Å². The number of amides is 1. The predicted octanol–water partition coefficient (Wildman–Crippen LogP) is 2.22. The second-order valence-corrected chi connectivity index (χ2v) is 5.79. The first-order chi connectivity index (χ1) is 11.6. The van der Waals surface area contributed by atoms with Gasteiger partial charge in [-0.2, -0.15) is 0 Å². The van der Waals surface area contributed by atoms with Crippen LogP contribution in [0.4, 0.5) is 0 Å². The van der Waals surface area contributed by atoms with Gasteiger partial charge in [0.25, 0.3) is 5.91 Å². The molecule has 1 N–H and O–H groups in total. The van der Waals surface area contributed by atoms with Crippen LogP contribution in [0.25, 0.3) is 0 Å². The number of aromatic nitrogens is 2. The number of nitrogens with zero attached hydrogens (tertiary/aromatic N) is 2. The van der Waals surface area contributed by atoms with Crippen molar-refractivity contribution in [3.8, 4) is 0 Å². The van der Waals surface area contributed by atoms with E-state index < -0.39 is 12.1 Å². The number of benzene rings is 1. The summed E-state index contributed by atoms with van der Waals surface area (Å²) in [5.41, 5.74) is 2.49. The number of hydrogen-bond acceptors (Lipinski definition) is 5. The van der Waals surface area contributed by atoms with Crippen LogP contribution in [-0.2, 0) is 16.0 Å². The molecule has 2 atom stereocenters. The van der Waals surface area contributed by atoms with Gasteiger partial charge >= 0.3 is 5.97 Å². The molecule has 0 radical (unpaired) electrons. The molecule has 1 aliphatic rings. The van der Waals surface area contributed by atoms with E-state index in [0.717, 1.165) is 24.8 Å². The second kappa shape index (κ2) is 7.21. The molecule has 1 aromatic carbocycles. The molecule has 1 aromatic heterocycles. The molecule has 0 fully saturated rings. The van der Waals surface area contributed by atoms with E-state index in [1.807, 2.05) is 18.2 Å². The molecule has 0 aliphatic heterocycles. The topological polar surface area (TPSA) is 81.2 Å². The van der Waals surface area contributed by atoms with Gasteiger partial charge in [0.2, 0.25) is 0 Å². The van der Waals surface area contributed by atoms with Crippen molar-refractivity contribution >= 4 is 11.9 Å². The Bertz CT molecular complexity index is 733. The maximum Gasteiger partial charge on any atom is 0.359 e. The predicted molar refractivity (Wildman–Crippen MR) is 87.2 cm³/mol. The number of rotatable bonds is 4. The quantitative estimate of drug-likeness (QED) is 0.872. The lowest BCUT2D eigenvalue weighted by atomic mass is 9.87. The zero-order chi connectivity index (χ0) is 16.9. The largest absolute Gasteiger partial charge is 0.448 e. The molecular weight excluding hydrogens is 306 g/mol. The molecule has 24 heavy (non-hydrogen) atoms. The molecule has 2 aromatic rings. The minimum atomic E-state index is -0.895. The van der Waals surface area contributed by atoms with Crippen LogP contribution < -0.4 is 5.32 Å². The lowest BCUT2D eigenvalue weighted by molar-refractivity contribution is -0.130. The van der Waals surface area contributed by atoms with Crippen molar-refractivity contribution < 1.29 is 14.3 Å². The van der Waals surface area contributed by atoms with Gasteiger partial charge in [0.15, 0.2) is 11.8 Å². The zero-order valence-electron chi connectivity index (χ0n) is 13.4. The molecule has 6 nitrogen and oxygen atoms in total. The Hall–Kier alpha value is -2.76. The van der Waals surface area contributed by atoms with Crippen LogP contribution in [0, 0.1) is 0 Å². The van der Waals surface area contributed by atoms with Gasteiger partial charge in [-0.05, 0) is 37.3 Å². The number of esters is 1. The fourth-order valence-electron chi connectivity index (χ4n) is 2.87. The first-order valence-electron chi connectivity index (χ1n) is 8.00. The Morgan fingerprint density at radius 1 is 1.29 bits per heavy atom. The molecule has 0 saturated carbocycles. The third-order valence-electron chi connectivity index (χ3n) is 4.11. The van der Waals surface area contributed by atoms with Crippen molar-refractivity contribution in [1.82, 2.24) is 15.3 Å². The molecule has 1 amide bonds. The fourth-order valence-corrected chi connectivity index (χ4v) is 2.87. The second-order valence-electron chi connectivity index (χ2n) is 5.79. The number of ether oxygens (including phenoxy) is 1. The first kappa shape index (κ1) is 16.1. The van der Waals surface area contributed by atoms with Crippen LogP contribution in [0.1, 0.15) is 47.4 Å². The highest BCUT2D eigenvalue weighted by molar-refractivity contribution is 5.90. The summed E-state index contributed by atoms with van der Waals surface area (Å²) in [7, 11) is 0. The zero-order valence-corrected chi connectivity index (χ0v) is 13.4. The number of nitrogens with one attached hydrogen (secondary N) is 1. The standard InChI is InChI=1S/C18H19N3O3/c1-12(24-18(23)16-11-19-9-10-20-16)17(22)21-15-8-4-6-13-5-2-3-7-14(13)15/h2-3,5,7,9-12,15H,4,6,8H2,1H3,(H,21,22)/t12-,15+/m0/s1. The van der Waals surface area contributed by atoms with Gasteiger partial charge in [-0.1, -0.05) is 24.3 Å². The lowest BCUT2D eigenvalue weighted by Crippen LogP contribution is -2.39. The Balaban J connectivity index is 1.62. The van der Waals surface area contributed by atoms with Gasteiger partial charge < -0.3 is 10.1 Å². The summed E-state index contributed by atoms with van der Waals surface area (Å²) in [6, 6.07) is 8.07. The molecule has 1 heterocycles. The van der Waals surface area contributed by atoms with Crippen LogP contribution in [0.2, 0.25) is 0 Å². The van der Waals surface area contributed by atoms with Crippen LogP contribution in [0.15, 0.2) is 42.9 Å². The summed E-state index contributed by atoms with van der Waals surface area (Å²) < 4.78 is 5.17. The Kier molecular flexibility index (Phi) is 4.84. The number of carbonyl (C=O) groups is 2. The summed E-state index contributed by atoms with van der Waals surface area (Å²) in [5, 5.41) is 2.98. The van der Waals surface area contributed by atoms with E-state index in [0.29, 0.717) is 0 Å². The molecule has 0 bridgehead atoms. The highest BCUT2D eigenvalue weighted by Gasteiger charge is 2.25. The normalized spacial score (nSPS) is 17.5. The van der Waals surface area contributed by atoms with Gasteiger partial charge in [-0.3, -0.25) is 9.78 Å². The van der Waals surface area contributed by atoms with Crippen molar-refractivity contribution in [2.24, 2.45) is 0 Å². The van der Waals surface area contributed by atoms with Crippen LogP contribution in [0.5, 0.6) is 0 Å². The first-order valence-corrected chi connectivity index (χ1v) is 8.00. The SMILES string of the molecule is C[C@H](OC(=O)c1cnccn1)C(=O)N[C@@H]1CCCc2ccccc21. The minimum absolute atomic E-state index is 0.0416. The Morgan fingerprint density at radius 2 is 2.12 bits per heavy atom. The summed E-state index contributed by atoms with van der Waals surface area (Å²) in [5.74, 6) is -0.969. The lowest BCUT2D eigenvalue weighted by Gasteiger charge is -2.27. The van der Waals surface area contributed by atoms with Crippen LogP contribution in [-0.4, -0.2) is 27.9 Å². The van der Waals surface area contributed by atoms with Crippen molar-refractivity contribution in [2.75, 3.05) is 0 Å². The van der Waals surface area contributed by atoms with E-state index in [1.54, 1.807) is 6.92 Å². The number of aryl methyl sites for hydroxylation is 1.